The molecule has 0 aliphatic heterocycles. The van der Waals surface area contributed by atoms with Crippen molar-refractivity contribution in [3.63, 3.8) is 0 Å². The molecule has 0 aliphatic carbocycles. The van der Waals surface area contributed by atoms with E-state index >= 15 is 0 Å². The summed E-state index contributed by atoms with van der Waals surface area (Å²) in [6, 6.07) is 0. The molecule has 0 N–H and O–H groups in total. The summed E-state index contributed by atoms with van der Waals surface area (Å²) >= 11 is 0. The standard InChI is InChI=1S/C14H28N2O3/c1-7-15(8-2)13(17)11(5)19-12(6)14(18)16(9-3)10-4/h11-12H,7-10H2,1-6H3. The van der Waals surface area contributed by atoms with Gasteiger partial charge in [-0.1, -0.05) is 0 Å². The highest BCUT2D eigenvalue weighted by Crippen LogP contribution is 2.06. The van der Waals surface area contributed by atoms with Gasteiger partial charge >= 0.3 is 0 Å². The van der Waals surface area contributed by atoms with Crippen molar-refractivity contribution in [2.24, 2.45) is 0 Å². The van der Waals surface area contributed by atoms with Crippen LogP contribution in [0.5, 0.6) is 0 Å². The third-order valence-corrected chi connectivity index (χ3v) is 3.25. The average molecular weight is 272 g/mol. The van der Waals surface area contributed by atoms with Crippen LogP contribution >= 0.6 is 0 Å². The van der Waals surface area contributed by atoms with Gasteiger partial charge in [0.05, 0.1) is 0 Å². The zero-order valence-corrected chi connectivity index (χ0v) is 13.1. The summed E-state index contributed by atoms with van der Waals surface area (Å²) in [5, 5.41) is 0. The molecule has 0 bridgehead atoms. The zero-order valence-electron chi connectivity index (χ0n) is 13.1. The predicted molar refractivity (Wildman–Crippen MR) is 75.9 cm³/mol. The van der Waals surface area contributed by atoms with Gasteiger partial charge in [0.15, 0.2) is 0 Å². The molecule has 112 valence electrons. The molecule has 0 aromatic heterocycles. The number of hydrogen-bond donors (Lipinski definition) is 0. The molecule has 0 heterocycles. The Balaban J connectivity index is 4.51. The highest BCUT2D eigenvalue weighted by molar-refractivity contribution is 5.83. The summed E-state index contributed by atoms with van der Waals surface area (Å²) in [7, 11) is 0. The molecule has 0 radical (unpaired) electrons. The Morgan fingerprint density at radius 1 is 0.789 bits per heavy atom. The number of ether oxygens (including phenoxy) is 1. The number of nitrogens with zero attached hydrogens (tertiary/aromatic N) is 2. The monoisotopic (exact) mass is 272 g/mol. The molecule has 0 fully saturated rings. The van der Waals surface area contributed by atoms with Crippen LogP contribution in [0.15, 0.2) is 0 Å². The Kier molecular flexibility index (Phi) is 8.39. The summed E-state index contributed by atoms with van der Waals surface area (Å²) in [6.07, 6.45) is -1.18. The van der Waals surface area contributed by atoms with Crippen LogP contribution in [0.3, 0.4) is 0 Å². The normalized spacial score (nSPS) is 13.8. The quantitative estimate of drug-likeness (QED) is 0.673. The molecule has 0 spiro atoms. The molecule has 2 atom stereocenters. The molecule has 0 aliphatic rings. The third-order valence-electron chi connectivity index (χ3n) is 3.25. The Bertz CT molecular complexity index is 258. The molecular weight excluding hydrogens is 244 g/mol. The highest BCUT2D eigenvalue weighted by Gasteiger charge is 2.25. The van der Waals surface area contributed by atoms with Gasteiger partial charge in [-0.3, -0.25) is 9.59 Å². The largest absolute Gasteiger partial charge is 0.356 e. The fourth-order valence-corrected chi connectivity index (χ4v) is 2.01. The molecule has 5 heteroatoms. The lowest BCUT2D eigenvalue weighted by Crippen LogP contribution is -2.44. The minimum atomic E-state index is -0.589. The summed E-state index contributed by atoms with van der Waals surface area (Å²) in [5.41, 5.74) is 0. The van der Waals surface area contributed by atoms with E-state index in [9.17, 15) is 9.59 Å². The molecule has 0 saturated heterocycles. The molecule has 0 saturated carbocycles. The van der Waals surface area contributed by atoms with Gasteiger partial charge in [-0.2, -0.15) is 0 Å². The van der Waals surface area contributed by atoms with Gasteiger partial charge in [-0.25, -0.2) is 0 Å². The highest BCUT2D eigenvalue weighted by atomic mass is 16.5. The first-order valence-electron chi connectivity index (χ1n) is 7.15. The second kappa shape index (κ2) is 8.91. The van der Waals surface area contributed by atoms with E-state index in [-0.39, 0.29) is 11.8 Å². The van der Waals surface area contributed by atoms with Crippen LogP contribution in [0.4, 0.5) is 0 Å². The van der Waals surface area contributed by atoms with Crippen molar-refractivity contribution in [2.75, 3.05) is 26.2 Å². The Labute approximate surface area is 116 Å². The molecule has 2 unspecified atom stereocenters. The fourth-order valence-electron chi connectivity index (χ4n) is 2.01. The van der Waals surface area contributed by atoms with Gasteiger partial charge in [0.2, 0.25) is 0 Å². The van der Waals surface area contributed by atoms with Crippen LogP contribution in [0.25, 0.3) is 0 Å². The van der Waals surface area contributed by atoms with Crippen molar-refractivity contribution < 1.29 is 14.3 Å². The smallest absolute Gasteiger partial charge is 0.251 e. The maximum atomic E-state index is 12.0. The number of likely N-dealkylation sites (N-methyl/N-ethyl adjacent to an activating group) is 2. The Morgan fingerprint density at radius 3 is 1.26 bits per heavy atom. The Hall–Kier alpha value is -1.10. The maximum absolute atomic E-state index is 12.0. The second-order valence-electron chi connectivity index (χ2n) is 4.44. The van der Waals surface area contributed by atoms with Crippen molar-refractivity contribution in [2.45, 2.75) is 53.8 Å². The van der Waals surface area contributed by atoms with Crippen LogP contribution in [0.2, 0.25) is 0 Å². The molecule has 0 rings (SSSR count). The van der Waals surface area contributed by atoms with E-state index in [2.05, 4.69) is 0 Å². The van der Waals surface area contributed by atoms with E-state index in [1.807, 2.05) is 27.7 Å². The molecular formula is C14H28N2O3. The first-order chi connectivity index (χ1) is 8.92. The van der Waals surface area contributed by atoms with Gasteiger partial charge < -0.3 is 14.5 Å². The van der Waals surface area contributed by atoms with Crippen molar-refractivity contribution >= 4 is 11.8 Å². The van der Waals surface area contributed by atoms with Crippen molar-refractivity contribution in [1.29, 1.82) is 0 Å². The van der Waals surface area contributed by atoms with E-state index in [0.717, 1.165) is 0 Å². The second-order valence-corrected chi connectivity index (χ2v) is 4.44. The Morgan fingerprint density at radius 2 is 1.05 bits per heavy atom. The lowest BCUT2D eigenvalue weighted by molar-refractivity contribution is -0.155. The van der Waals surface area contributed by atoms with Crippen LogP contribution < -0.4 is 0 Å². The number of carbonyl (C=O) groups excluding carboxylic acids is 2. The molecule has 5 nitrogen and oxygen atoms in total. The van der Waals surface area contributed by atoms with E-state index in [4.69, 9.17) is 4.74 Å². The fraction of sp³-hybridized carbons (Fsp3) is 0.857. The topological polar surface area (TPSA) is 49.9 Å². The van der Waals surface area contributed by atoms with Gasteiger partial charge in [0.1, 0.15) is 12.2 Å². The lowest BCUT2D eigenvalue weighted by atomic mass is 10.3. The number of hydrogen-bond acceptors (Lipinski definition) is 3. The zero-order chi connectivity index (χ0) is 15.0. The van der Waals surface area contributed by atoms with Gasteiger partial charge in [-0.05, 0) is 41.5 Å². The van der Waals surface area contributed by atoms with Gasteiger partial charge in [0.25, 0.3) is 11.8 Å². The molecule has 2 amide bonds. The first kappa shape index (κ1) is 17.9. The number of carbonyl (C=O) groups is 2. The number of rotatable bonds is 8. The van der Waals surface area contributed by atoms with Gasteiger partial charge in [-0.15, -0.1) is 0 Å². The summed E-state index contributed by atoms with van der Waals surface area (Å²) in [6.45, 7) is 13.7. The first-order valence-corrected chi connectivity index (χ1v) is 7.15. The maximum Gasteiger partial charge on any atom is 0.251 e. The van der Waals surface area contributed by atoms with Crippen LogP contribution in [-0.2, 0) is 14.3 Å². The lowest BCUT2D eigenvalue weighted by Gasteiger charge is -2.27. The van der Waals surface area contributed by atoms with Gasteiger partial charge in [0, 0.05) is 26.2 Å². The summed E-state index contributed by atoms with van der Waals surface area (Å²) < 4.78 is 5.56. The van der Waals surface area contributed by atoms with Crippen LogP contribution in [0, 0.1) is 0 Å². The van der Waals surface area contributed by atoms with E-state index in [1.165, 1.54) is 0 Å². The minimum absolute atomic E-state index is 0.0656. The summed E-state index contributed by atoms with van der Waals surface area (Å²) in [5.74, 6) is -0.131. The van der Waals surface area contributed by atoms with E-state index in [1.54, 1.807) is 23.6 Å². The van der Waals surface area contributed by atoms with Crippen molar-refractivity contribution in [1.82, 2.24) is 9.80 Å². The molecule has 19 heavy (non-hydrogen) atoms. The average Bonchev–Trinajstić information content (AvgIpc) is 2.40. The van der Waals surface area contributed by atoms with Crippen molar-refractivity contribution in [3.8, 4) is 0 Å². The van der Waals surface area contributed by atoms with Crippen molar-refractivity contribution in [3.05, 3.63) is 0 Å². The van der Waals surface area contributed by atoms with Crippen LogP contribution in [-0.4, -0.2) is 60.0 Å². The number of amides is 2. The predicted octanol–water partition coefficient (Wildman–Crippen LogP) is 1.52. The van der Waals surface area contributed by atoms with E-state index in [0.29, 0.717) is 26.2 Å². The minimum Gasteiger partial charge on any atom is -0.356 e. The third kappa shape index (κ3) is 5.19. The van der Waals surface area contributed by atoms with E-state index < -0.39 is 12.2 Å². The molecule has 0 aromatic carbocycles. The molecule has 0 aromatic rings. The summed E-state index contributed by atoms with van der Waals surface area (Å²) in [4.78, 5) is 27.5. The van der Waals surface area contributed by atoms with Crippen LogP contribution in [0.1, 0.15) is 41.5 Å². The SMILES string of the molecule is CCN(CC)C(=O)C(C)OC(C)C(=O)N(CC)CC.